The van der Waals surface area contributed by atoms with Crippen molar-refractivity contribution in [3.05, 3.63) is 24.3 Å². The molecule has 0 saturated heterocycles. The summed E-state index contributed by atoms with van der Waals surface area (Å²) in [6, 6.07) is 0. The third-order valence-corrected chi connectivity index (χ3v) is 2.86. The highest BCUT2D eigenvalue weighted by Crippen LogP contribution is 2.01. The third-order valence-electron chi connectivity index (χ3n) is 2.86. The van der Waals surface area contributed by atoms with E-state index < -0.39 is 0 Å². The van der Waals surface area contributed by atoms with Crippen LogP contribution in [0.2, 0.25) is 0 Å². The van der Waals surface area contributed by atoms with Crippen molar-refractivity contribution in [3.8, 4) is 0 Å². The largest absolute Gasteiger partial charge is 0.462 e. The van der Waals surface area contributed by atoms with Crippen molar-refractivity contribution in [1.29, 1.82) is 0 Å². The van der Waals surface area contributed by atoms with Gasteiger partial charge in [-0.05, 0) is 32.6 Å². The molecule has 0 aliphatic heterocycles. The number of rotatable bonds is 10. The molecule has 0 aromatic heterocycles. The molecular formula is C19H34O4. The molecule has 0 unspecified atom stereocenters. The van der Waals surface area contributed by atoms with E-state index in [4.69, 9.17) is 9.47 Å². The van der Waals surface area contributed by atoms with E-state index in [1.54, 1.807) is 13.8 Å². The molecule has 0 bridgehead atoms. The van der Waals surface area contributed by atoms with E-state index >= 15 is 0 Å². The van der Waals surface area contributed by atoms with Gasteiger partial charge in [0.2, 0.25) is 0 Å². The van der Waals surface area contributed by atoms with Crippen LogP contribution in [0.25, 0.3) is 0 Å². The molecule has 0 fully saturated rings. The monoisotopic (exact) mass is 326 g/mol. The number of esters is 2. The van der Waals surface area contributed by atoms with E-state index in [0.717, 1.165) is 19.3 Å². The molecule has 0 aliphatic carbocycles. The van der Waals surface area contributed by atoms with Gasteiger partial charge in [0.15, 0.2) is 0 Å². The van der Waals surface area contributed by atoms with E-state index in [-0.39, 0.29) is 11.9 Å². The highest BCUT2D eigenvalue weighted by atomic mass is 16.5. The van der Waals surface area contributed by atoms with Gasteiger partial charge in [0.05, 0.1) is 13.2 Å². The van der Waals surface area contributed by atoms with Crippen LogP contribution in [0.15, 0.2) is 24.3 Å². The zero-order valence-electron chi connectivity index (χ0n) is 15.6. The van der Waals surface area contributed by atoms with Crippen LogP contribution in [0.1, 0.15) is 66.7 Å². The molecule has 0 aromatic carbocycles. The number of carbonyl (C=O) groups is 2. The first-order chi connectivity index (χ1) is 10.7. The second kappa shape index (κ2) is 15.3. The van der Waals surface area contributed by atoms with E-state index in [9.17, 15) is 9.59 Å². The van der Waals surface area contributed by atoms with Crippen LogP contribution in [-0.2, 0) is 19.1 Å². The van der Waals surface area contributed by atoms with Gasteiger partial charge in [-0.3, -0.25) is 0 Å². The summed E-state index contributed by atoms with van der Waals surface area (Å²) in [6.07, 6.45) is 5.44. The fourth-order valence-corrected chi connectivity index (χ4v) is 1.33. The SMILES string of the molecule is C=C(C)C(=O)OCCC(C)C.C=C(C)C(=O)OCCCCCC. The molecule has 0 rings (SSSR count). The molecular weight excluding hydrogens is 292 g/mol. The molecule has 23 heavy (non-hydrogen) atoms. The number of hydrogen-bond donors (Lipinski definition) is 0. The minimum atomic E-state index is -0.286. The molecule has 134 valence electrons. The summed E-state index contributed by atoms with van der Waals surface area (Å²) in [7, 11) is 0. The Kier molecular flexibility index (Phi) is 15.8. The van der Waals surface area contributed by atoms with E-state index in [1.165, 1.54) is 12.8 Å². The topological polar surface area (TPSA) is 52.6 Å². The summed E-state index contributed by atoms with van der Waals surface area (Å²) in [5, 5.41) is 0. The van der Waals surface area contributed by atoms with Crippen LogP contribution in [0.3, 0.4) is 0 Å². The Morgan fingerprint density at radius 2 is 1.35 bits per heavy atom. The molecule has 0 spiro atoms. The Bertz CT molecular complexity index is 370. The quantitative estimate of drug-likeness (QED) is 0.327. The molecule has 0 aliphatic rings. The minimum Gasteiger partial charge on any atom is -0.462 e. The van der Waals surface area contributed by atoms with Gasteiger partial charge in [0.1, 0.15) is 0 Å². The van der Waals surface area contributed by atoms with Gasteiger partial charge in [0, 0.05) is 11.1 Å². The Morgan fingerprint density at radius 1 is 0.870 bits per heavy atom. The zero-order chi connectivity index (χ0) is 18.3. The Balaban J connectivity index is 0. The average molecular weight is 326 g/mol. The predicted molar refractivity (Wildman–Crippen MR) is 95.1 cm³/mol. The van der Waals surface area contributed by atoms with Crippen LogP contribution < -0.4 is 0 Å². The minimum absolute atomic E-state index is 0.272. The predicted octanol–water partition coefficient (Wildman–Crippen LogP) is 4.84. The summed E-state index contributed by atoms with van der Waals surface area (Å²) in [5.74, 6) is 0.0186. The molecule has 0 amide bonds. The first kappa shape index (κ1) is 23.7. The van der Waals surface area contributed by atoms with Crippen molar-refractivity contribution in [3.63, 3.8) is 0 Å². The van der Waals surface area contributed by atoms with Crippen molar-refractivity contribution < 1.29 is 19.1 Å². The molecule has 0 radical (unpaired) electrons. The Hall–Kier alpha value is -1.58. The second-order valence-corrected chi connectivity index (χ2v) is 6.08. The van der Waals surface area contributed by atoms with Crippen LogP contribution in [0, 0.1) is 5.92 Å². The van der Waals surface area contributed by atoms with Crippen molar-refractivity contribution in [1.82, 2.24) is 0 Å². The molecule has 0 atom stereocenters. The molecule has 4 nitrogen and oxygen atoms in total. The molecule has 0 heterocycles. The van der Waals surface area contributed by atoms with Gasteiger partial charge in [-0.2, -0.15) is 0 Å². The van der Waals surface area contributed by atoms with Crippen LogP contribution in [0.5, 0.6) is 0 Å². The lowest BCUT2D eigenvalue weighted by Gasteiger charge is -2.05. The van der Waals surface area contributed by atoms with Crippen molar-refractivity contribution in [2.45, 2.75) is 66.7 Å². The maximum Gasteiger partial charge on any atom is 0.333 e. The van der Waals surface area contributed by atoms with E-state index in [0.29, 0.717) is 30.3 Å². The lowest BCUT2D eigenvalue weighted by atomic mass is 10.1. The molecule has 0 aromatic rings. The van der Waals surface area contributed by atoms with Gasteiger partial charge in [-0.25, -0.2) is 9.59 Å². The van der Waals surface area contributed by atoms with E-state index in [1.807, 2.05) is 0 Å². The van der Waals surface area contributed by atoms with Crippen molar-refractivity contribution in [2.24, 2.45) is 5.92 Å². The van der Waals surface area contributed by atoms with Gasteiger partial charge in [-0.15, -0.1) is 0 Å². The van der Waals surface area contributed by atoms with Gasteiger partial charge in [-0.1, -0.05) is 53.2 Å². The fraction of sp³-hybridized carbons (Fsp3) is 0.684. The van der Waals surface area contributed by atoms with Gasteiger partial charge >= 0.3 is 11.9 Å². The lowest BCUT2D eigenvalue weighted by Crippen LogP contribution is -2.07. The van der Waals surface area contributed by atoms with Crippen LogP contribution in [-0.4, -0.2) is 25.2 Å². The van der Waals surface area contributed by atoms with Gasteiger partial charge < -0.3 is 9.47 Å². The Labute approximate surface area is 141 Å². The lowest BCUT2D eigenvalue weighted by molar-refractivity contribution is -0.140. The van der Waals surface area contributed by atoms with Gasteiger partial charge in [0.25, 0.3) is 0 Å². The second-order valence-electron chi connectivity index (χ2n) is 6.08. The number of hydrogen-bond acceptors (Lipinski definition) is 4. The normalized spacial score (nSPS) is 9.65. The van der Waals surface area contributed by atoms with Crippen LogP contribution >= 0.6 is 0 Å². The number of ether oxygens (including phenoxy) is 2. The summed E-state index contributed by atoms with van der Waals surface area (Å²) in [5.41, 5.74) is 0.944. The third kappa shape index (κ3) is 18.4. The number of carbonyl (C=O) groups excluding carboxylic acids is 2. The Morgan fingerprint density at radius 3 is 1.74 bits per heavy atom. The molecule has 4 heteroatoms. The molecule has 0 saturated carbocycles. The first-order valence-corrected chi connectivity index (χ1v) is 8.37. The highest BCUT2D eigenvalue weighted by molar-refractivity contribution is 5.87. The zero-order valence-corrected chi connectivity index (χ0v) is 15.6. The summed E-state index contributed by atoms with van der Waals surface area (Å²) < 4.78 is 9.79. The maximum atomic E-state index is 10.9. The first-order valence-electron chi connectivity index (χ1n) is 8.37. The van der Waals surface area contributed by atoms with Crippen LogP contribution in [0.4, 0.5) is 0 Å². The maximum absolute atomic E-state index is 10.9. The summed E-state index contributed by atoms with van der Waals surface area (Å²) >= 11 is 0. The molecule has 0 N–H and O–H groups in total. The fourth-order valence-electron chi connectivity index (χ4n) is 1.33. The highest BCUT2D eigenvalue weighted by Gasteiger charge is 2.02. The summed E-state index contributed by atoms with van der Waals surface area (Å²) in [4.78, 5) is 21.7. The number of unbranched alkanes of at least 4 members (excludes halogenated alkanes) is 3. The smallest absolute Gasteiger partial charge is 0.333 e. The van der Waals surface area contributed by atoms with Crippen molar-refractivity contribution in [2.75, 3.05) is 13.2 Å². The van der Waals surface area contributed by atoms with E-state index in [2.05, 4.69) is 33.9 Å². The average Bonchev–Trinajstić information content (AvgIpc) is 2.46. The summed E-state index contributed by atoms with van der Waals surface area (Å²) in [6.45, 7) is 17.7. The van der Waals surface area contributed by atoms with Crippen molar-refractivity contribution >= 4 is 11.9 Å². The standard InChI is InChI=1S/C10H18O2.C9H16O2/c1-4-5-6-7-8-12-10(11)9(2)3;1-7(2)5-6-11-9(10)8(3)4/h2,4-8H2,1,3H3;7H,3,5-6H2,1-2,4H3.